The summed E-state index contributed by atoms with van der Waals surface area (Å²) in [7, 11) is 3.84. The van der Waals surface area contributed by atoms with Crippen LogP contribution in [0.3, 0.4) is 0 Å². The predicted octanol–water partition coefficient (Wildman–Crippen LogP) is 7.73. The summed E-state index contributed by atoms with van der Waals surface area (Å²) in [6.07, 6.45) is 3.22. The van der Waals surface area contributed by atoms with Gasteiger partial charge in [0.25, 0.3) is 5.91 Å². The largest absolute Gasteiger partial charge is 0.494 e. The van der Waals surface area contributed by atoms with E-state index in [0.29, 0.717) is 42.4 Å². The SMILES string of the molecule is Cc1nn(C)c(C)c1-c1c(Cl)ccc2c(CCCOc3ccccc3)c3n(c12)[C@H](C)CN(c1cn(C)c2ccc(C(=O)O)cc12)C3=O. The number of fused-ring (bicyclic) bond motifs is 4. The number of carbonyl (C=O) groups is 2. The van der Waals surface area contributed by atoms with Gasteiger partial charge in [0.05, 0.1) is 34.1 Å². The highest BCUT2D eigenvalue weighted by molar-refractivity contribution is 6.35. The number of carbonyl (C=O) groups excluding carboxylic acids is 1. The quantitative estimate of drug-likeness (QED) is 0.170. The minimum atomic E-state index is -1.01. The Hall–Kier alpha value is -5.02. The van der Waals surface area contributed by atoms with E-state index in [2.05, 4.69) is 11.5 Å². The van der Waals surface area contributed by atoms with Gasteiger partial charge in [-0.3, -0.25) is 9.48 Å². The molecular formula is C37H36ClN5O4. The lowest BCUT2D eigenvalue weighted by molar-refractivity contribution is 0.0696. The van der Waals surface area contributed by atoms with Crippen LogP contribution in [-0.2, 0) is 20.5 Å². The Kier molecular flexibility index (Phi) is 7.59. The number of aryl methyl sites for hydroxylation is 4. The summed E-state index contributed by atoms with van der Waals surface area (Å²) in [5, 5.41) is 16.7. The summed E-state index contributed by atoms with van der Waals surface area (Å²) < 4.78 is 12.0. The molecule has 1 aliphatic rings. The van der Waals surface area contributed by atoms with Crippen molar-refractivity contribution in [3.8, 4) is 16.9 Å². The van der Waals surface area contributed by atoms with Crippen molar-refractivity contribution in [1.29, 1.82) is 0 Å². The number of para-hydroxylation sites is 1. The first-order valence-electron chi connectivity index (χ1n) is 15.7. The number of benzene rings is 3. The summed E-state index contributed by atoms with van der Waals surface area (Å²) in [6.45, 7) is 7.04. The highest BCUT2D eigenvalue weighted by Crippen LogP contribution is 2.45. The maximum absolute atomic E-state index is 14.8. The van der Waals surface area contributed by atoms with E-state index in [4.69, 9.17) is 21.4 Å². The van der Waals surface area contributed by atoms with Crippen LogP contribution >= 0.6 is 11.6 Å². The van der Waals surface area contributed by atoms with Crippen LogP contribution in [0.15, 0.2) is 66.9 Å². The van der Waals surface area contributed by atoms with Crippen molar-refractivity contribution in [3.63, 3.8) is 0 Å². The van der Waals surface area contributed by atoms with Crippen molar-refractivity contribution in [3.05, 3.63) is 100 Å². The third-order valence-corrected chi connectivity index (χ3v) is 9.72. The lowest BCUT2D eigenvalue weighted by Crippen LogP contribution is -2.42. The third kappa shape index (κ3) is 4.97. The molecule has 10 heteroatoms. The van der Waals surface area contributed by atoms with Crippen molar-refractivity contribution < 1.29 is 19.4 Å². The summed E-state index contributed by atoms with van der Waals surface area (Å²) in [6, 6.07) is 18.6. The van der Waals surface area contributed by atoms with Gasteiger partial charge < -0.3 is 23.9 Å². The molecule has 3 aromatic heterocycles. The van der Waals surface area contributed by atoms with Gasteiger partial charge in [0.2, 0.25) is 0 Å². The molecule has 0 fully saturated rings. The van der Waals surface area contributed by atoms with Gasteiger partial charge in [-0.2, -0.15) is 5.10 Å². The number of anilines is 1. The molecule has 1 amide bonds. The van der Waals surface area contributed by atoms with E-state index >= 15 is 0 Å². The molecule has 0 radical (unpaired) electrons. The summed E-state index contributed by atoms with van der Waals surface area (Å²) in [5.41, 5.74) is 7.93. The van der Waals surface area contributed by atoms with Crippen molar-refractivity contribution in [1.82, 2.24) is 18.9 Å². The van der Waals surface area contributed by atoms with Gasteiger partial charge in [0.1, 0.15) is 11.4 Å². The molecule has 4 heterocycles. The second-order valence-electron chi connectivity index (χ2n) is 12.4. The number of amides is 1. The van der Waals surface area contributed by atoms with Crippen LogP contribution in [0, 0.1) is 13.8 Å². The van der Waals surface area contributed by atoms with Crippen LogP contribution in [0.5, 0.6) is 5.75 Å². The van der Waals surface area contributed by atoms with Crippen LogP contribution < -0.4 is 9.64 Å². The molecule has 6 aromatic rings. The number of carboxylic acids is 1. The summed E-state index contributed by atoms with van der Waals surface area (Å²) in [5.74, 6) is -0.334. The zero-order valence-corrected chi connectivity index (χ0v) is 27.8. The second kappa shape index (κ2) is 11.7. The molecule has 0 aliphatic carbocycles. The second-order valence-corrected chi connectivity index (χ2v) is 12.8. The maximum atomic E-state index is 14.8. The number of hydrogen-bond acceptors (Lipinski definition) is 4. The van der Waals surface area contributed by atoms with E-state index < -0.39 is 5.97 Å². The van der Waals surface area contributed by atoms with Crippen molar-refractivity contribution in [2.75, 3.05) is 18.1 Å². The van der Waals surface area contributed by atoms with Gasteiger partial charge in [-0.25, -0.2) is 4.79 Å². The number of aromatic carboxylic acids is 1. The molecule has 1 aliphatic heterocycles. The Balaban J connectivity index is 1.41. The monoisotopic (exact) mass is 649 g/mol. The number of hydrogen-bond donors (Lipinski definition) is 1. The fraction of sp³-hybridized carbons (Fsp3) is 0.270. The average molecular weight is 650 g/mol. The Labute approximate surface area is 277 Å². The number of ether oxygens (including phenoxy) is 1. The average Bonchev–Trinajstić information content (AvgIpc) is 3.65. The molecule has 0 saturated heterocycles. The van der Waals surface area contributed by atoms with Crippen LogP contribution in [-0.4, -0.2) is 49.0 Å². The van der Waals surface area contributed by atoms with E-state index in [1.54, 1.807) is 23.1 Å². The van der Waals surface area contributed by atoms with Gasteiger partial charge in [-0.1, -0.05) is 35.9 Å². The Bertz CT molecular complexity index is 2210. The van der Waals surface area contributed by atoms with Gasteiger partial charge in [0.15, 0.2) is 0 Å². The van der Waals surface area contributed by atoms with Gasteiger partial charge in [-0.15, -0.1) is 0 Å². The molecule has 0 unspecified atom stereocenters. The van der Waals surface area contributed by atoms with Crippen LogP contribution in [0.1, 0.15) is 57.2 Å². The Morgan fingerprint density at radius 1 is 1.04 bits per heavy atom. The first-order chi connectivity index (χ1) is 22.6. The zero-order valence-electron chi connectivity index (χ0n) is 27.0. The van der Waals surface area contributed by atoms with E-state index in [9.17, 15) is 14.7 Å². The molecule has 1 N–H and O–H groups in total. The van der Waals surface area contributed by atoms with E-state index in [-0.39, 0.29) is 17.5 Å². The van der Waals surface area contributed by atoms with Crippen LogP contribution in [0.25, 0.3) is 32.9 Å². The number of aromatic nitrogens is 4. The number of halogens is 1. The summed E-state index contributed by atoms with van der Waals surface area (Å²) >= 11 is 7.04. The highest BCUT2D eigenvalue weighted by Gasteiger charge is 2.37. The van der Waals surface area contributed by atoms with Gasteiger partial charge in [0, 0.05) is 66.0 Å². The lowest BCUT2D eigenvalue weighted by Gasteiger charge is -2.34. The van der Waals surface area contributed by atoms with E-state index in [1.165, 1.54) is 0 Å². The number of rotatable bonds is 8. The maximum Gasteiger partial charge on any atom is 0.335 e. The molecular weight excluding hydrogens is 614 g/mol. The normalized spacial score (nSPS) is 14.7. The molecule has 47 heavy (non-hydrogen) atoms. The third-order valence-electron chi connectivity index (χ3n) is 9.40. The topological polar surface area (TPSA) is 94.5 Å². The molecule has 0 bridgehead atoms. The minimum Gasteiger partial charge on any atom is -0.494 e. The van der Waals surface area contributed by atoms with Gasteiger partial charge in [-0.05, 0) is 75.6 Å². The minimum absolute atomic E-state index is 0.119. The fourth-order valence-electron chi connectivity index (χ4n) is 7.18. The molecule has 3 aromatic carbocycles. The smallest absolute Gasteiger partial charge is 0.335 e. The number of nitrogens with zero attached hydrogens (tertiary/aromatic N) is 5. The number of carboxylic acid groups (broad SMARTS) is 1. The highest BCUT2D eigenvalue weighted by atomic mass is 35.5. The standard InChI is InChI=1S/C37H36ClN5O4/c1-21-19-42(31-20-40(4)30-16-13-24(37(45)46)18-28(30)31)36(44)35-26(12-9-17-47-25-10-7-6-8-11-25)27-14-15-29(38)33(34(27)43(21)35)32-22(2)39-41(5)23(32)3/h6-8,10-11,13-16,18,20-21H,9,12,17,19H2,1-5H3,(H,45,46)/t21-/m1/s1. The zero-order chi connectivity index (χ0) is 33.1. The van der Waals surface area contributed by atoms with E-state index in [1.807, 2.05) is 85.9 Å². The molecule has 1 atom stereocenters. The molecule has 7 rings (SSSR count). The molecule has 0 saturated carbocycles. The fourth-order valence-corrected chi connectivity index (χ4v) is 7.43. The van der Waals surface area contributed by atoms with Crippen molar-refractivity contribution in [2.45, 2.75) is 39.7 Å². The predicted molar refractivity (Wildman–Crippen MR) is 185 cm³/mol. The van der Waals surface area contributed by atoms with Crippen molar-refractivity contribution in [2.24, 2.45) is 14.1 Å². The molecule has 0 spiro atoms. The van der Waals surface area contributed by atoms with Crippen molar-refractivity contribution >= 4 is 51.0 Å². The Morgan fingerprint density at radius 2 is 1.81 bits per heavy atom. The molecule has 9 nitrogen and oxygen atoms in total. The van der Waals surface area contributed by atoms with Crippen LogP contribution in [0.4, 0.5) is 5.69 Å². The summed E-state index contributed by atoms with van der Waals surface area (Å²) in [4.78, 5) is 28.5. The first kappa shape index (κ1) is 30.6. The van der Waals surface area contributed by atoms with Crippen LogP contribution in [0.2, 0.25) is 5.02 Å². The van der Waals surface area contributed by atoms with E-state index in [0.717, 1.165) is 55.6 Å². The first-order valence-corrected chi connectivity index (χ1v) is 16.1. The van der Waals surface area contributed by atoms with Gasteiger partial charge >= 0.3 is 5.97 Å². The lowest BCUT2D eigenvalue weighted by atomic mass is 9.98. The molecule has 240 valence electrons. The Morgan fingerprint density at radius 3 is 2.51 bits per heavy atom.